The molecule has 0 aliphatic rings. The van der Waals surface area contributed by atoms with Gasteiger partial charge in [0.1, 0.15) is 5.82 Å². The number of fused-ring (bicyclic) bond motifs is 1. The van der Waals surface area contributed by atoms with Crippen LogP contribution >= 0.6 is 11.6 Å². The fraction of sp³-hybridized carbons (Fsp3) is 0.562. The lowest BCUT2D eigenvalue weighted by atomic mass is 9.82. The maximum Gasteiger partial charge on any atom is 0.111 e. The number of hydrogen-bond donors (Lipinski definition) is 0. The summed E-state index contributed by atoms with van der Waals surface area (Å²) >= 11 is 5.91. The van der Waals surface area contributed by atoms with E-state index in [0.717, 1.165) is 24.3 Å². The van der Waals surface area contributed by atoms with Gasteiger partial charge in [0.05, 0.1) is 11.0 Å². The third kappa shape index (κ3) is 3.11. The Morgan fingerprint density at radius 3 is 2.58 bits per heavy atom. The standard InChI is InChI=1S/C16H23ClN2/c1-12(16(2,3)4)11-19-14-8-6-5-7-13(14)18-15(19)9-10-17/h5-8,12H,9-11H2,1-4H3. The van der Waals surface area contributed by atoms with Gasteiger partial charge in [-0.15, -0.1) is 11.6 Å². The molecule has 104 valence electrons. The van der Waals surface area contributed by atoms with E-state index in [1.54, 1.807) is 0 Å². The van der Waals surface area contributed by atoms with E-state index in [1.165, 1.54) is 5.52 Å². The molecule has 2 rings (SSSR count). The molecule has 0 N–H and O–H groups in total. The Morgan fingerprint density at radius 2 is 1.95 bits per heavy atom. The Bertz CT molecular complexity index is 551. The van der Waals surface area contributed by atoms with Crippen molar-refractivity contribution in [3.8, 4) is 0 Å². The number of benzene rings is 1. The van der Waals surface area contributed by atoms with Gasteiger partial charge in [-0.2, -0.15) is 0 Å². The third-order valence-electron chi connectivity index (χ3n) is 3.99. The van der Waals surface area contributed by atoms with E-state index >= 15 is 0 Å². The van der Waals surface area contributed by atoms with Crippen LogP contribution in [0.4, 0.5) is 0 Å². The van der Waals surface area contributed by atoms with E-state index in [2.05, 4.69) is 50.5 Å². The molecule has 19 heavy (non-hydrogen) atoms. The highest BCUT2D eigenvalue weighted by Gasteiger charge is 2.22. The number of halogens is 1. The van der Waals surface area contributed by atoms with Gasteiger partial charge in [-0.25, -0.2) is 4.98 Å². The summed E-state index contributed by atoms with van der Waals surface area (Å²) < 4.78 is 2.34. The molecule has 1 aromatic carbocycles. The van der Waals surface area contributed by atoms with Gasteiger partial charge < -0.3 is 4.57 Å². The quantitative estimate of drug-likeness (QED) is 0.753. The number of alkyl halides is 1. The lowest BCUT2D eigenvalue weighted by Gasteiger charge is -2.28. The fourth-order valence-electron chi connectivity index (χ4n) is 2.15. The number of aryl methyl sites for hydroxylation is 1. The second-order valence-corrected chi connectivity index (χ2v) is 6.71. The van der Waals surface area contributed by atoms with Crippen LogP contribution in [0.5, 0.6) is 0 Å². The van der Waals surface area contributed by atoms with Gasteiger partial charge in [-0.1, -0.05) is 39.8 Å². The SMILES string of the molecule is CC(Cn1c(CCCl)nc2ccccc21)C(C)(C)C. The monoisotopic (exact) mass is 278 g/mol. The van der Waals surface area contributed by atoms with Gasteiger partial charge in [0.2, 0.25) is 0 Å². The molecule has 0 aliphatic heterocycles. The molecule has 2 nitrogen and oxygen atoms in total. The molecule has 1 unspecified atom stereocenters. The lowest BCUT2D eigenvalue weighted by molar-refractivity contribution is 0.233. The minimum absolute atomic E-state index is 0.295. The zero-order chi connectivity index (χ0) is 14.0. The molecule has 0 saturated carbocycles. The number of aromatic nitrogens is 2. The predicted molar refractivity (Wildman–Crippen MR) is 82.8 cm³/mol. The van der Waals surface area contributed by atoms with Crippen LogP contribution in [0.25, 0.3) is 11.0 Å². The summed E-state index contributed by atoms with van der Waals surface area (Å²) in [5.41, 5.74) is 2.59. The maximum atomic E-state index is 5.91. The van der Waals surface area contributed by atoms with Crippen molar-refractivity contribution in [3.63, 3.8) is 0 Å². The molecule has 1 aromatic heterocycles. The maximum absolute atomic E-state index is 5.91. The molecule has 1 atom stereocenters. The average Bonchev–Trinajstić information content (AvgIpc) is 2.67. The van der Waals surface area contributed by atoms with Gasteiger partial charge in [-0.3, -0.25) is 0 Å². The van der Waals surface area contributed by atoms with Crippen LogP contribution in [-0.4, -0.2) is 15.4 Å². The number of para-hydroxylation sites is 2. The fourth-order valence-corrected chi connectivity index (χ4v) is 2.32. The lowest BCUT2D eigenvalue weighted by Crippen LogP contribution is -2.23. The molecule has 0 fully saturated rings. The molecular formula is C16H23ClN2. The Balaban J connectivity index is 2.41. The number of rotatable bonds is 4. The largest absolute Gasteiger partial charge is 0.328 e. The molecule has 0 amide bonds. The third-order valence-corrected chi connectivity index (χ3v) is 4.18. The molecular weight excluding hydrogens is 256 g/mol. The zero-order valence-electron chi connectivity index (χ0n) is 12.3. The highest BCUT2D eigenvalue weighted by atomic mass is 35.5. The van der Waals surface area contributed by atoms with Crippen molar-refractivity contribution < 1.29 is 0 Å². The van der Waals surface area contributed by atoms with Crippen molar-refractivity contribution in [2.45, 2.75) is 40.7 Å². The van der Waals surface area contributed by atoms with Crippen molar-refractivity contribution in [2.75, 3.05) is 5.88 Å². The highest BCUT2D eigenvalue weighted by molar-refractivity contribution is 6.17. The van der Waals surface area contributed by atoms with E-state index < -0.39 is 0 Å². The topological polar surface area (TPSA) is 17.8 Å². The first-order valence-electron chi connectivity index (χ1n) is 6.93. The molecule has 2 aromatic rings. The van der Waals surface area contributed by atoms with Crippen LogP contribution in [0.1, 0.15) is 33.5 Å². The van der Waals surface area contributed by atoms with E-state index in [4.69, 9.17) is 16.6 Å². The van der Waals surface area contributed by atoms with Crippen LogP contribution in [0.3, 0.4) is 0 Å². The smallest absolute Gasteiger partial charge is 0.111 e. The summed E-state index contributed by atoms with van der Waals surface area (Å²) in [6, 6.07) is 8.34. The second-order valence-electron chi connectivity index (χ2n) is 6.33. The molecule has 1 heterocycles. The minimum atomic E-state index is 0.295. The summed E-state index contributed by atoms with van der Waals surface area (Å²) in [5.74, 6) is 2.30. The zero-order valence-corrected chi connectivity index (χ0v) is 13.0. The summed E-state index contributed by atoms with van der Waals surface area (Å²) in [7, 11) is 0. The van der Waals surface area contributed by atoms with E-state index in [1.807, 2.05) is 6.07 Å². The molecule has 0 saturated heterocycles. The summed E-state index contributed by atoms with van der Waals surface area (Å²) in [4.78, 5) is 4.72. The number of nitrogens with zero attached hydrogens (tertiary/aromatic N) is 2. The molecule has 0 bridgehead atoms. The Kier molecular flexibility index (Phi) is 4.19. The van der Waals surface area contributed by atoms with Gasteiger partial charge in [0.15, 0.2) is 0 Å². The van der Waals surface area contributed by atoms with Gasteiger partial charge >= 0.3 is 0 Å². The molecule has 0 radical (unpaired) electrons. The summed E-state index contributed by atoms with van der Waals surface area (Å²) in [5, 5.41) is 0. The first-order chi connectivity index (χ1) is 8.93. The van der Waals surface area contributed by atoms with Crippen molar-refractivity contribution >= 4 is 22.6 Å². The number of hydrogen-bond acceptors (Lipinski definition) is 1. The number of imidazole rings is 1. The summed E-state index contributed by atoms with van der Waals surface area (Å²) in [6.45, 7) is 10.2. The predicted octanol–water partition coefficient (Wildman–Crippen LogP) is 4.50. The molecule has 0 spiro atoms. The Hall–Kier alpha value is -1.02. The summed E-state index contributed by atoms with van der Waals surface area (Å²) in [6.07, 6.45) is 0.826. The van der Waals surface area contributed by atoms with Crippen molar-refractivity contribution in [1.29, 1.82) is 0 Å². The van der Waals surface area contributed by atoms with Crippen LogP contribution in [0, 0.1) is 11.3 Å². The van der Waals surface area contributed by atoms with Crippen LogP contribution in [0.2, 0.25) is 0 Å². The molecule has 3 heteroatoms. The van der Waals surface area contributed by atoms with Crippen molar-refractivity contribution in [1.82, 2.24) is 9.55 Å². The van der Waals surface area contributed by atoms with Crippen LogP contribution in [-0.2, 0) is 13.0 Å². The van der Waals surface area contributed by atoms with Crippen molar-refractivity contribution in [3.05, 3.63) is 30.1 Å². The minimum Gasteiger partial charge on any atom is -0.328 e. The van der Waals surface area contributed by atoms with Gasteiger partial charge in [-0.05, 0) is 23.5 Å². The first-order valence-corrected chi connectivity index (χ1v) is 7.47. The average molecular weight is 279 g/mol. The Morgan fingerprint density at radius 1 is 1.26 bits per heavy atom. The highest BCUT2D eigenvalue weighted by Crippen LogP contribution is 2.29. The van der Waals surface area contributed by atoms with E-state index in [-0.39, 0.29) is 0 Å². The van der Waals surface area contributed by atoms with Gasteiger partial charge in [0.25, 0.3) is 0 Å². The van der Waals surface area contributed by atoms with Crippen molar-refractivity contribution in [2.24, 2.45) is 11.3 Å². The van der Waals surface area contributed by atoms with Crippen LogP contribution in [0.15, 0.2) is 24.3 Å². The van der Waals surface area contributed by atoms with Crippen LogP contribution < -0.4 is 0 Å². The molecule has 0 aliphatic carbocycles. The normalized spacial score (nSPS) is 13.9. The van der Waals surface area contributed by atoms with E-state index in [9.17, 15) is 0 Å². The first kappa shape index (κ1) is 14.4. The van der Waals surface area contributed by atoms with E-state index in [0.29, 0.717) is 17.2 Å². The van der Waals surface area contributed by atoms with Gasteiger partial charge in [0, 0.05) is 18.8 Å². The Labute approximate surface area is 120 Å². The second kappa shape index (κ2) is 5.54.